The predicted molar refractivity (Wildman–Crippen MR) is 47.2 cm³/mol. The zero-order chi connectivity index (χ0) is 9.90. The summed E-state index contributed by atoms with van der Waals surface area (Å²) in [4.78, 5) is 6.45. The Bertz CT molecular complexity index is 298. The normalized spacial score (nSPS) is 12.3. The molecule has 0 fully saturated rings. The summed E-state index contributed by atoms with van der Waals surface area (Å²) >= 11 is 0. The summed E-state index contributed by atoms with van der Waals surface area (Å²) in [6.07, 6.45) is 1.43. The first-order valence-corrected chi connectivity index (χ1v) is 3.93. The highest BCUT2D eigenvalue weighted by atomic mass is 16.6. The fourth-order valence-electron chi connectivity index (χ4n) is 0.582. The molecule has 0 bridgehead atoms. The van der Waals surface area contributed by atoms with Crippen molar-refractivity contribution in [2.75, 3.05) is 0 Å². The fourth-order valence-corrected chi connectivity index (χ4v) is 0.582. The highest BCUT2D eigenvalue weighted by molar-refractivity contribution is 5.73. The summed E-state index contributed by atoms with van der Waals surface area (Å²) in [5.41, 5.74) is -0.293. The number of rotatable bonds is 2. The number of aromatic nitrogens is 4. The third-order valence-electron chi connectivity index (χ3n) is 1.02. The van der Waals surface area contributed by atoms with Crippen molar-refractivity contribution in [2.45, 2.75) is 26.4 Å². The molecule has 0 aromatic carbocycles. The molecule has 0 N–H and O–H groups in total. The molecule has 6 heteroatoms. The summed E-state index contributed by atoms with van der Waals surface area (Å²) in [7, 11) is 1.69. The van der Waals surface area contributed by atoms with Crippen LogP contribution in [0.5, 0.6) is 0 Å². The highest BCUT2D eigenvalue weighted by Crippen LogP contribution is 2.05. The third kappa shape index (κ3) is 3.64. The van der Waals surface area contributed by atoms with Crippen LogP contribution in [-0.2, 0) is 11.9 Å². The molecule has 1 aromatic heterocycles. The van der Waals surface area contributed by atoms with Crippen molar-refractivity contribution in [3.05, 3.63) is 5.82 Å². The van der Waals surface area contributed by atoms with Gasteiger partial charge in [-0.3, -0.25) is 0 Å². The van der Waals surface area contributed by atoms with Crippen LogP contribution in [0.3, 0.4) is 0 Å². The number of tetrazole rings is 1. The lowest BCUT2D eigenvalue weighted by Gasteiger charge is -2.14. The minimum absolute atomic E-state index is 0.293. The van der Waals surface area contributed by atoms with Gasteiger partial charge in [0.1, 0.15) is 11.8 Å². The van der Waals surface area contributed by atoms with Crippen molar-refractivity contribution in [1.29, 1.82) is 0 Å². The molecular formula is C7H13N5O. The van der Waals surface area contributed by atoms with Gasteiger partial charge in [-0.2, -0.15) is 4.80 Å². The standard InChI is InChI=1S/C7H13N5O/c1-7(2,3)13-8-5-6-9-11-12(4)10-6/h5H,1-4H3/b8-5+. The maximum Gasteiger partial charge on any atom is 0.219 e. The van der Waals surface area contributed by atoms with Crippen LogP contribution >= 0.6 is 0 Å². The average molecular weight is 183 g/mol. The zero-order valence-electron chi connectivity index (χ0n) is 8.22. The third-order valence-corrected chi connectivity index (χ3v) is 1.02. The molecule has 0 radical (unpaired) electrons. The van der Waals surface area contributed by atoms with Crippen LogP contribution in [0.15, 0.2) is 5.16 Å². The minimum atomic E-state index is -0.293. The Balaban J connectivity index is 2.50. The van der Waals surface area contributed by atoms with Crippen LogP contribution in [0.4, 0.5) is 0 Å². The molecule has 72 valence electrons. The molecule has 0 saturated heterocycles. The van der Waals surface area contributed by atoms with Gasteiger partial charge in [0.25, 0.3) is 0 Å². The first-order chi connectivity index (χ1) is 5.97. The monoisotopic (exact) mass is 183 g/mol. The maximum absolute atomic E-state index is 5.09. The van der Waals surface area contributed by atoms with Crippen molar-refractivity contribution >= 4 is 6.21 Å². The molecule has 0 spiro atoms. The Morgan fingerprint density at radius 2 is 2.15 bits per heavy atom. The van der Waals surface area contributed by atoms with E-state index in [1.54, 1.807) is 7.05 Å². The number of aryl methyl sites for hydroxylation is 1. The van der Waals surface area contributed by atoms with E-state index < -0.39 is 0 Å². The van der Waals surface area contributed by atoms with Crippen LogP contribution in [0.1, 0.15) is 26.6 Å². The second-order valence-corrected chi connectivity index (χ2v) is 3.58. The fraction of sp³-hybridized carbons (Fsp3) is 0.714. The summed E-state index contributed by atoms with van der Waals surface area (Å²) in [5, 5.41) is 15.0. The van der Waals surface area contributed by atoms with Gasteiger partial charge in [0.15, 0.2) is 0 Å². The predicted octanol–water partition coefficient (Wildman–Crippen LogP) is 0.359. The van der Waals surface area contributed by atoms with Crippen LogP contribution in [0.25, 0.3) is 0 Å². The van der Waals surface area contributed by atoms with E-state index >= 15 is 0 Å². The second-order valence-electron chi connectivity index (χ2n) is 3.58. The van der Waals surface area contributed by atoms with Crippen molar-refractivity contribution < 1.29 is 4.84 Å². The molecule has 1 heterocycles. The second kappa shape index (κ2) is 3.51. The van der Waals surface area contributed by atoms with E-state index in [1.807, 2.05) is 20.8 Å². The van der Waals surface area contributed by atoms with Gasteiger partial charge in [-0.25, -0.2) is 0 Å². The van der Waals surface area contributed by atoms with Crippen LogP contribution in [0.2, 0.25) is 0 Å². The summed E-state index contributed by atoms with van der Waals surface area (Å²) < 4.78 is 0. The summed E-state index contributed by atoms with van der Waals surface area (Å²) in [6, 6.07) is 0. The Morgan fingerprint density at radius 1 is 1.46 bits per heavy atom. The van der Waals surface area contributed by atoms with Gasteiger partial charge in [0.2, 0.25) is 5.82 Å². The summed E-state index contributed by atoms with van der Waals surface area (Å²) in [5.74, 6) is 0.437. The molecule has 0 saturated carbocycles. The molecular weight excluding hydrogens is 170 g/mol. The first-order valence-electron chi connectivity index (χ1n) is 3.93. The summed E-state index contributed by atoms with van der Waals surface area (Å²) in [6.45, 7) is 5.73. The van der Waals surface area contributed by atoms with Crippen LogP contribution in [0, 0.1) is 0 Å². The maximum atomic E-state index is 5.09. The topological polar surface area (TPSA) is 65.2 Å². The molecule has 0 aliphatic rings. The molecule has 1 rings (SSSR count). The van der Waals surface area contributed by atoms with E-state index in [0.29, 0.717) is 5.82 Å². The average Bonchev–Trinajstić information content (AvgIpc) is 2.33. The highest BCUT2D eigenvalue weighted by Gasteiger charge is 2.09. The van der Waals surface area contributed by atoms with E-state index in [9.17, 15) is 0 Å². The van der Waals surface area contributed by atoms with Gasteiger partial charge < -0.3 is 4.84 Å². The van der Waals surface area contributed by atoms with Crippen LogP contribution in [-0.4, -0.2) is 32.0 Å². The number of hydrogen-bond donors (Lipinski definition) is 0. The van der Waals surface area contributed by atoms with E-state index in [1.165, 1.54) is 11.0 Å². The Labute approximate surface area is 76.6 Å². The molecule has 0 unspecified atom stereocenters. The molecule has 6 nitrogen and oxygen atoms in total. The van der Waals surface area contributed by atoms with Gasteiger partial charge in [-0.05, 0) is 26.0 Å². The lowest BCUT2D eigenvalue weighted by molar-refractivity contribution is 0.00193. The van der Waals surface area contributed by atoms with Gasteiger partial charge >= 0.3 is 0 Å². The molecule has 0 aliphatic carbocycles. The molecule has 1 aromatic rings. The van der Waals surface area contributed by atoms with Gasteiger partial charge in [-0.15, -0.1) is 10.2 Å². The van der Waals surface area contributed by atoms with Crippen molar-refractivity contribution in [3.63, 3.8) is 0 Å². The van der Waals surface area contributed by atoms with E-state index in [4.69, 9.17) is 4.84 Å². The van der Waals surface area contributed by atoms with Crippen molar-refractivity contribution in [1.82, 2.24) is 20.2 Å². The lowest BCUT2D eigenvalue weighted by Crippen LogP contribution is -2.15. The Morgan fingerprint density at radius 3 is 2.62 bits per heavy atom. The Hall–Kier alpha value is -1.46. The van der Waals surface area contributed by atoms with Crippen molar-refractivity contribution in [3.8, 4) is 0 Å². The Kier molecular flexibility index (Phi) is 2.60. The minimum Gasteiger partial charge on any atom is -0.390 e. The zero-order valence-corrected chi connectivity index (χ0v) is 8.22. The van der Waals surface area contributed by atoms with Gasteiger partial charge in [0, 0.05) is 0 Å². The van der Waals surface area contributed by atoms with Gasteiger partial charge in [-0.1, -0.05) is 5.16 Å². The smallest absolute Gasteiger partial charge is 0.219 e. The number of oxime groups is 1. The molecule has 0 aliphatic heterocycles. The van der Waals surface area contributed by atoms with Gasteiger partial charge in [0.05, 0.1) is 7.05 Å². The number of hydrogen-bond acceptors (Lipinski definition) is 5. The lowest BCUT2D eigenvalue weighted by atomic mass is 10.2. The molecule has 0 atom stereocenters. The molecule has 0 amide bonds. The SMILES string of the molecule is Cn1nnc(/C=N/OC(C)(C)C)n1. The quantitative estimate of drug-likeness (QED) is 0.490. The number of nitrogens with zero attached hydrogens (tertiary/aromatic N) is 5. The largest absolute Gasteiger partial charge is 0.390 e. The molecule has 13 heavy (non-hydrogen) atoms. The van der Waals surface area contributed by atoms with E-state index in [2.05, 4.69) is 20.6 Å². The van der Waals surface area contributed by atoms with E-state index in [-0.39, 0.29) is 5.60 Å². The van der Waals surface area contributed by atoms with Crippen LogP contribution < -0.4 is 0 Å². The first kappa shape index (κ1) is 9.63. The van der Waals surface area contributed by atoms with Crippen molar-refractivity contribution in [2.24, 2.45) is 12.2 Å². The van der Waals surface area contributed by atoms with E-state index in [0.717, 1.165) is 0 Å².